The Morgan fingerprint density at radius 3 is 3.20 bits per heavy atom. The molecule has 7 heteroatoms. The molecule has 0 amide bonds. The summed E-state index contributed by atoms with van der Waals surface area (Å²) in [5.41, 5.74) is 2.79. The number of fused-ring (bicyclic) bond motifs is 1. The Bertz CT molecular complexity index is 620. The van der Waals surface area contributed by atoms with Crippen LogP contribution in [0.1, 0.15) is 19.3 Å². The third-order valence-electron chi connectivity index (χ3n) is 3.56. The summed E-state index contributed by atoms with van der Waals surface area (Å²) in [7, 11) is 0. The lowest BCUT2D eigenvalue weighted by Crippen LogP contribution is -2.31. The molecule has 1 aliphatic rings. The fourth-order valence-electron chi connectivity index (χ4n) is 2.58. The van der Waals surface area contributed by atoms with Crippen molar-refractivity contribution in [2.75, 3.05) is 18.4 Å². The molecule has 1 aromatic heterocycles. The Balaban J connectivity index is 1.93. The number of thiazole rings is 1. The van der Waals surface area contributed by atoms with Gasteiger partial charge in [0.1, 0.15) is 5.69 Å². The molecule has 3 rings (SSSR count). The molecule has 2 heterocycles. The Morgan fingerprint density at radius 1 is 1.45 bits per heavy atom. The van der Waals surface area contributed by atoms with Crippen LogP contribution in [0.15, 0.2) is 17.6 Å². The number of aromatic nitrogens is 1. The topological polar surface area (TPSA) is 80.1 Å². The van der Waals surface area contributed by atoms with Crippen LogP contribution in [0.3, 0.4) is 0 Å². The van der Waals surface area contributed by atoms with Gasteiger partial charge >= 0.3 is 5.69 Å². The number of benzene rings is 1. The van der Waals surface area contributed by atoms with Gasteiger partial charge < -0.3 is 10.6 Å². The average Bonchev–Trinajstić information content (AvgIpc) is 2.75. The maximum atomic E-state index is 11.4. The summed E-state index contributed by atoms with van der Waals surface area (Å²) < 4.78 is 0.848. The van der Waals surface area contributed by atoms with Crippen molar-refractivity contribution < 1.29 is 4.92 Å². The summed E-state index contributed by atoms with van der Waals surface area (Å²) >= 11 is 1.42. The summed E-state index contributed by atoms with van der Waals surface area (Å²) in [4.78, 5) is 15.2. The molecular formula is C13H16N4O2S. The molecule has 1 fully saturated rings. The van der Waals surface area contributed by atoms with E-state index < -0.39 is 0 Å². The largest absolute Gasteiger partial charge is 0.375 e. The van der Waals surface area contributed by atoms with Gasteiger partial charge in [-0.15, -0.1) is 11.3 Å². The van der Waals surface area contributed by atoms with E-state index in [0.29, 0.717) is 11.2 Å². The minimum absolute atomic E-state index is 0.0907. The normalized spacial score (nSPS) is 19.7. The zero-order valence-corrected chi connectivity index (χ0v) is 11.8. The Labute approximate surface area is 120 Å². The van der Waals surface area contributed by atoms with E-state index in [2.05, 4.69) is 15.6 Å². The van der Waals surface area contributed by atoms with E-state index in [1.807, 2.05) is 6.07 Å². The fourth-order valence-corrected chi connectivity index (χ4v) is 3.26. The van der Waals surface area contributed by atoms with Gasteiger partial charge in [0, 0.05) is 12.6 Å². The summed E-state index contributed by atoms with van der Waals surface area (Å²) in [6.45, 7) is 1.86. The highest BCUT2D eigenvalue weighted by Crippen LogP contribution is 2.34. The second kappa shape index (κ2) is 5.72. The lowest BCUT2D eigenvalue weighted by molar-refractivity contribution is -0.382. The van der Waals surface area contributed by atoms with Crippen molar-refractivity contribution in [1.82, 2.24) is 10.3 Å². The Kier molecular flexibility index (Phi) is 3.79. The number of nitro groups is 1. The average molecular weight is 292 g/mol. The SMILES string of the molecule is O=[N+]([O-])c1c(NC2CCCCNC2)ccc2scnc12. The first kappa shape index (κ1) is 13.3. The van der Waals surface area contributed by atoms with E-state index in [1.54, 1.807) is 11.6 Å². The third-order valence-corrected chi connectivity index (χ3v) is 4.36. The van der Waals surface area contributed by atoms with Crippen molar-refractivity contribution in [3.8, 4) is 0 Å². The number of nitro benzene ring substituents is 1. The number of rotatable bonds is 3. The monoisotopic (exact) mass is 292 g/mol. The van der Waals surface area contributed by atoms with Gasteiger partial charge in [0.15, 0.2) is 5.52 Å². The van der Waals surface area contributed by atoms with Crippen molar-refractivity contribution in [3.05, 3.63) is 27.8 Å². The second-order valence-electron chi connectivity index (χ2n) is 4.96. The molecule has 20 heavy (non-hydrogen) atoms. The zero-order valence-electron chi connectivity index (χ0n) is 11.0. The molecule has 1 aliphatic heterocycles. The highest BCUT2D eigenvalue weighted by molar-refractivity contribution is 7.16. The van der Waals surface area contributed by atoms with Gasteiger partial charge in [-0.25, -0.2) is 4.98 Å². The smallest absolute Gasteiger partial charge is 0.319 e. The predicted molar refractivity (Wildman–Crippen MR) is 80.4 cm³/mol. The number of anilines is 1. The Hall–Kier alpha value is -1.73. The first-order chi connectivity index (χ1) is 9.75. The van der Waals surface area contributed by atoms with E-state index >= 15 is 0 Å². The maximum Gasteiger partial charge on any atom is 0.319 e. The van der Waals surface area contributed by atoms with Crippen LogP contribution in [0, 0.1) is 10.1 Å². The van der Waals surface area contributed by atoms with E-state index in [9.17, 15) is 10.1 Å². The van der Waals surface area contributed by atoms with Crippen molar-refractivity contribution in [3.63, 3.8) is 0 Å². The number of hydrogen-bond acceptors (Lipinski definition) is 6. The van der Waals surface area contributed by atoms with Crippen LogP contribution >= 0.6 is 11.3 Å². The third kappa shape index (κ3) is 2.59. The molecule has 2 aromatic rings. The molecular weight excluding hydrogens is 276 g/mol. The van der Waals surface area contributed by atoms with Crippen LogP contribution in [0.2, 0.25) is 0 Å². The highest BCUT2D eigenvalue weighted by Gasteiger charge is 2.22. The molecule has 0 spiro atoms. The predicted octanol–water partition coefficient (Wildman–Crippen LogP) is 2.76. The molecule has 0 aliphatic carbocycles. The standard InChI is InChI=1S/C13H16N4O2S/c18-17(19)13-10(4-5-11-12(13)15-8-20-11)16-9-3-1-2-6-14-7-9/h4-5,8-9,14,16H,1-3,6-7H2. The summed E-state index contributed by atoms with van der Waals surface area (Å²) in [5.74, 6) is 0. The van der Waals surface area contributed by atoms with E-state index in [0.717, 1.165) is 37.1 Å². The van der Waals surface area contributed by atoms with E-state index in [4.69, 9.17) is 0 Å². The van der Waals surface area contributed by atoms with Gasteiger partial charge in [0.05, 0.1) is 15.1 Å². The Morgan fingerprint density at radius 2 is 2.35 bits per heavy atom. The van der Waals surface area contributed by atoms with Crippen LogP contribution in [-0.2, 0) is 0 Å². The van der Waals surface area contributed by atoms with Gasteiger partial charge in [-0.1, -0.05) is 6.42 Å². The summed E-state index contributed by atoms with van der Waals surface area (Å²) in [6.07, 6.45) is 3.32. The molecule has 6 nitrogen and oxygen atoms in total. The lowest BCUT2D eigenvalue weighted by Gasteiger charge is -2.17. The number of nitrogens with zero attached hydrogens (tertiary/aromatic N) is 2. The first-order valence-electron chi connectivity index (χ1n) is 6.73. The van der Waals surface area contributed by atoms with Gasteiger partial charge in [-0.3, -0.25) is 10.1 Å². The molecule has 0 bridgehead atoms. The van der Waals surface area contributed by atoms with Gasteiger partial charge in [-0.2, -0.15) is 0 Å². The van der Waals surface area contributed by atoms with Crippen molar-refractivity contribution in [2.45, 2.75) is 25.3 Å². The maximum absolute atomic E-state index is 11.4. The van der Waals surface area contributed by atoms with Crippen molar-refractivity contribution in [2.24, 2.45) is 0 Å². The van der Waals surface area contributed by atoms with Crippen LogP contribution in [0.25, 0.3) is 10.2 Å². The molecule has 1 unspecified atom stereocenters. The van der Waals surface area contributed by atoms with Gasteiger partial charge in [0.2, 0.25) is 0 Å². The highest BCUT2D eigenvalue weighted by atomic mass is 32.1. The van der Waals surface area contributed by atoms with E-state index in [-0.39, 0.29) is 16.7 Å². The number of hydrogen-bond donors (Lipinski definition) is 2. The summed E-state index contributed by atoms with van der Waals surface area (Å²) in [5, 5.41) is 18.0. The van der Waals surface area contributed by atoms with Crippen LogP contribution in [0.4, 0.5) is 11.4 Å². The van der Waals surface area contributed by atoms with Crippen LogP contribution in [0.5, 0.6) is 0 Å². The van der Waals surface area contributed by atoms with E-state index in [1.165, 1.54) is 11.3 Å². The molecule has 106 valence electrons. The summed E-state index contributed by atoms with van der Waals surface area (Å²) in [6, 6.07) is 3.92. The second-order valence-corrected chi connectivity index (χ2v) is 5.85. The van der Waals surface area contributed by atoms with Crippen LogP contribution in [-0.4, -0.2) is 29.0 Å². The lowest BCUT2D eigenvalue weighted by atomic mass is 10.1. The van der Waals surface area contributed by atoms with Gasteiger partial charge in [0.25, 0.3) is 0 Å². The minimum atomic E-state index is -0.339. The molecule has 1 aromatic carbocycles. The number of nitrogens with one attached hydrogen (secondary N) is 2. The quantitative estimate of drug-likeness (QED) is 0.671. The van der Waals surface area contributed by atoms with Gasteiger partial charge in [-0.05, 0) is 31.5 Å². The molecule has 1 saturated heterocycles. The molecule has 0 radical (unpaired) electrons. The zero-order chi connectivity index (χ0) is 13.9. The fraction of sp³-hybridized carbons (Fsp3) is 0.462. The molecule has 2 N–H and O–H groups in total. The molecule has 1 atom stereocenters. The van der Waals surface area contributed by atoms with Crippen molar-refractivity contribution >= 4 is 32.9 Å². The van der Waals surface area contributed by atoms with Crippen LogP contribution < -0.4 is 10.6 Å². The first-order valence-corrected chi connectivity index (χ1v) is 7.61. The molecule has 0 saturated carbocycles. The minimum Gasteiger partial charge on any atom is -0.375 e. The van der Waals surface area contributed by atoms with Crippen molar-refractivity contribution in [1.29, 1.82) is 0 Å².